The Hall–Kier alpha value is -2.67. The van der Waals surface area contributed by atoms with Crippen LogP contribution in [0.5, 0.6) is 5.75 Å². The maximum atomic E-state index is 12.0. The molecule has 1 unspecified atom stereocenters. The number of methoxy groups -OCH3 is 1. The van der Waals surface area contributed by atoms with Crippen molar-refractivity contribution >= 4 is 23.3 Å². The van der Waals surface area contributed by atoms with Crippen molar-refractivity contribution in [3.63, 3.8) is 0 Å². The summed E-state index contributed by atoms with van der Waals surface area (Å²) in [6.07, 6.45) is -2.03. The Morgan fingerprint density at radius 3 is 2.55 bits per heavy atom. The van der Waals surface area contributed by atoms with E-state index >= 15 is 0 Å². The van der Waals surface area contributed by atoms with E-state index in [4.69, 9.17) is 0 Å². The van der Waals surface area contributed by atoms with Gasteiger partial charge in [-0.3, -0.25) is 14.4 Å². The minimum absolute atomic E-state index is 0.0184. The first-order chi connectivity index (χ1) is 10.4. The fourth-order valence-corrected chi connectivity index (χ4v) is 2.27. The zero-order valence-corrected chi connectivity index (χ0v) is 11.7. The molecule has 3 N–H and O–H groups in total. The smallest absolute Gasteiger partial charge is 0.308 e. The summed E-state index contributed by atoms with van der Waals surface area (Å²) in [5, 5.41) is 29.6. The fraction of sp³-hybridized carbons (Fsp3) is 0.267. The van der Waals surface area contributed by atoms with E-state index in [2.05, 4.69) is 4.74 Å². The van der Waals surface area contributed by atoms with Gasteiger partial charge in [-0.25, -0.2) is 0 Å². The number of ether oxygens (including phenoxy) is 1. The highest BCUT2D eigenvalue weighted by Gasteiger charge is 2.35. The highest BCUT2D eigenvalue weighted by molar-refractivity contribution is 6.52. The lowest BCUT2D eigenvalue weighted by Gasteiger charge is -2.20. The SMILES string of the molecule is COC(=O)CC(O)CC1=C(O)c2cccc(O)c2C(=O)C1=O. The van der Waals surface area contributed by atoms with Crippen molar-refractivity contribution < 1.29 is 34.4 Å². The Kier molecular flexibility index (Phi) is 4.27. The topological polar surface area (TPSA) is 121 Å². The Bertz CT molecular complexity index is 687. The Morgan fingerprint density at radius 2 is 1.91 bits per heavy atom. The number of hydrogen-bond acceptors (Lipinski definition) is 7. The maximum Gasteiger partial charge on any atom is 0.308 e. The zero-order valence-electron chi connectivity index (χ0n) is 11.7. The highest BCUT2D eigenvalue weighted by Crippen LogP contribution is 2.34. The molecule has 0 heterocycles. The standard InChI is InChI=1S/C15H14O7/c1-22-11(18)6-7(16)5-9-13(19)8-3-2-4-10(17)12(8)15(21)14(9)20/h2-4,7,16-17,19H,5-6H2,1H3. The molecule has 1 atom stereocenters. The first-order valence-electron chi connectivity index (χ1n) is 6.45. The van der Waals surface area contributed by atoms with Crippen molar-refractivity contribution in [1.29, 1.82) is 0 Å². The largest absolute Gasteiger partial charge is 0.507 e. The summed E-state index contributed by atoms with van der Waals surface area (Å²) in [6.45, 7) is 0. The minimum Gasteiger partial charge on any atom is -0.507 e. The van der Waals surface area contributed by atoms with E-state index in [-0.39, 0.29) is 29.5 Å². The summed E-state index contributed by atoms with van der Waals surface area (Å²) >= 11 is 0. The Balaban J connectivity index is 2.39. The molecule has 22 heavy (non-hydrogen) atoms. The van der Waals surface area contributed by atoms with Gasteiger partial charge < -0.3 is 20.1 Å². The number of fused-ring (bicyclic) bond motifs is 1. The number of phenols is 1. The number of carbonyl (C=O) groups is 3. The number of hydrogen-bond donors (Lipinski definition) is 3. The van der Waals surface area contributed by atoms with Gasteiger partial charge in [-0.15, -0.1) is 0 Å². The van der Waals surface area contributed by atoms with Crippen molar-refractivity contribution in [3.05, 3.63) is 34.9 Å². The van der Waals surface area contributed by atoms with Crippen LogP contribution in [-0.4, -0.2) is 46.1 Å². The second-order valence-corrected chi connectivity index (χ2v) is 4.82. The van der Waals surface area contributed by atoms with E-state index in [0.717, 1.165) is 7.11 Å². The number of phenolic OH excluding ortho intramolecular Hbond substituents is 1. The van der Waals surface area contributed by atoms with Gasteiger partial charge in [-0.05, 0) is 6.07 Å². The summed E-state index contributed by atoms with van der Waals surface area (Å²) in [4.78, 5) is 35.1. The monoisotopic (exact) mass is 306 g/mol. The van der Waals surface area contributed by atoms with Gasteiger partial charge in [-0.2, -0.15) is 0 Å². The average Bonchev–Trinajstić information content (AvgIpc) is 2.49. The normalized spacial score (nSPS) is 15.5. The lowest BCUT2D eigenvalue weighted by molar-refractivity contribution is -0.142. The van der Waals surface area contributed by atoms with Crippen molar-refractivity contribution in [2.45, 2.75) is 18.9 Å². The third kappa shape index (κ3) is 2.71. The van der Waals surface area contributed by atoms with E-state index in [1.54, 1.807) is 0 Å². The summed E-state index contributed by atoms with van der Waals surface area (Å²) in [6, 6.07) is 4.02. The van der Waals surface area contributed by atoms with Crippen LogP contribution in [0.4, 0.5) is 0 Å². The lowest BCUT2D eigenvalue weighted by atomic mass is 9.85. The molecule has 2 rings (SSSR count). The first-order valence-corrected chi connectivity index (χ1v) is 6.45. The van der Waals surface area contributed by atoms with Crippen molar-refractivity contribution in [1.82, 2.24) is 0 Å². The molecule has 1 aliphatic carbocycles. The number of ketones is 2. The lowest BCUT2D eigenvalue weighted by Crippen LogP contribution is -2.27. The second kappa shape index (κ2) is 5.98. The number of aliphatic hydroxyl groups excluding tert-OH is 2. The molecule has 0 fully saturated rings. The Labute approximate surface area is 125 Å². The van der Waals surface area contributed by atoms with Gasteiger partial charge in [0.15, 0.2) is 0 Å². The molecule has 0 bridgehead atoms. The molecule has 0 amide bonds. The summed E-state index contributed by atoms with van der Waals surface area (Å²) in [5.74, 6) is -3.56. The quantitative estimate of drug-likeness (QED) is 0.554. The van der Waals surface area contributed by atoms with Crippen LogP contribution in [0.3, 0.4) is 0 Å². The molecule has 0 saturated heterocycles. The van der Waals surface area contributed by atoms with Crippen LogP contribution in [0.1, 0.15) is 28.8 Å². The predicted octanol–water partition coefficient (Wildman–Crippen LogP) is 0.741. The molecule has 0 saturated carbocycles. The predicted molar refractivity (Wildman–Crippen MR) is 74.2 cm³/mol. The first kappa shape index (κ1) is 15.7. The van der Waals surface area contributed by atoms with Crippen LogP contribution in [0.2, 0.25) is 0 Å². The number of rotatable bonds is 4. The van der Waals surface area contributed by atoms with Crippen LogP contribution >= 0.6 is 0 Å². The van der Waals surface area contributed by atoms with Gasteiger partial charge in [0.25, 0.3) is 0 Å². The molecule has 7 nitrogen and oxygen atoms in total. The van der Waals surface area contributed by atoms with Crippen molar-refractivity contribution in [3.8, 4) is 5.75 Å². The van der Waals surface area contributed by atoms with Gasteiger partial charge in [0, 0.05) is 17.6 Å². The number of benzene rings is 1. The molecule has 116 valence electrons. The van der Waals surface area contributed by atoms with Crippen LogP contribution in [-0.2, 0) is 14.3 Å². The molecule has 1 aliphatic rings. The van der Waals surface area contributed by atoms with E-state index in [9.17, 15) is 29.7 Å². The molecule has 0 aliphatic heterocycles. The van der Waals surface area contributed by atoms with Crippen molar-refractivity contribution in [2.75, 3.05) is 7.11 Å². The maximum absolute atomic E-state index is 12.0. The van der Waals surface area contributed by atoms with Crippen molar-refractivity contribution in [2.24, 2.45) is 0 Å². The van der Waals surface area contributed by atoms with Crippen LogP contribution in [0, 0.1) is 0 Å². The third-order valence-electron chi connectivity index (χ3n) is 3.36. The van der Waals surface area contributed by atoms with Gasteiger partial charge in [0.1, 0.15) is 11.5 Å². The van der Waals surface area contributed by atoms with Gasteiger partial charge in [0.05, 0.1) is 25.2 Å². The fourth-order valence-electron chi connectivity index (χ4n) is 2.27. The highest BCUT2D eigenvalue weighted by atomic mass is 16.5. The van der Waals surface area contributed by atoms with Crippen LogP contribution < -0.4 is 0 Å². The molecule has 1 aromatic carbocycles. The molecule has 1 aromatic rings. The molecular weight excluding hydrogens is 292 g/mol. The number of aromatic hydroxyl groups is 1. The van der Waals surface area contributed by atoms with Gasteiger partial charge in [-0.1, -0.05) is 12.1 Å². The summed E-state index contributed by atoms with van der Waals surface area (Å²) in [7, 11) is 1.15. The molecular formula is C15H14O7. The van der Waals surface area contributed by atoms with Gasteiger partial charge >= 0.3 is 5.97 Å². The molecule has 7 heteroatoms. The van der Waals surface area contributed by atoms with E-state index in [0.29, 0.717) is 0 Å². The minimum atomic E-state index is -1.28. The summed E-state index contributed by atoms with van der Waals surface area (Å²) in [5.41, 5.74) is -0.541. The van der Waals surface area contributed by atoms with Crippen LogP contribution in [0.25, 0.3) is 5.76 Å². The zero-order chi connectivity index (χ0) is 16.4. The molecule has 0 spiro atoms. The second-order valence-electron chi connectivity index (χ2n) is 4.82. The summed E-state index contributed by atoms with van der Waals surface area (Å²) < 4.78 is 4.39. The number of carbonyl (C=O) groups excluding carboxylic acids is 3. The number of Topliss-reactive ketones (excluding diaryl/α,β-unsaturated/α-hetero) is 2. The number of esters is 1. The Morgan fingerprint density at radius 1 is 1.23 bits per heavy atom. The average molecular weight is 306 g/mol. The van der Waals surface area contributed by atoms with E-state index in [1.807, 2.05) is 0 Å². The third-order valence-corrected chi connectivity index (χ3v) is 3.36. The van der Waals surface area contributed by atoms with E-state index in [1.165, 1.54) is 18.2 Å². The number of aliphatic hydroxyl groups is 2. The molecule has 0 radical (unpaired) electrons. The van der Waals surface area contributed by atoms with E-state index < -0.39 is 35.1 Å². The molecule has 0 aromatic heterocycles. The van der Waals surface area contributed by atoms with Crippen LogP contribution in [0.15, 0.2) is 23.8 Å². The van der Waals surface area contributed by atoms with Gasteiger partial charge in [0.2, 0.25) is 11.6 Å².